The van der Waals surface area contributed by atoms with Crippen LogP contribution in [0.3, 0.4) is 0 Å². The van der Waals surface area contributed by atoms with Gasteiger partial charge in [0.05, 0.1) is 18.9 Å². The average molecular weight is 306 g/mol. The van der Waals surface area contributed by atoms with Gasteiger partial charge in [-0.25, -0.2) is 4.98 Å². The first-order valence-corrected chi connectivity index (χ1v) is 7.39. The lowest BCUT2D eigenvalue weighted by atomic mass is 10.1. The highest BCUT2D eigenvalue weighted by molar-refractivity contribution is 5.69. The Kier molecular flexibility index (Phi) is 4.74. The summed E-state index contributed by atoms with van der Waals surface area (Å²) in [6.45, 7) is 0.736. The predicted octanol–water partition coefficient (Wildman–Crippen LogP) is 4.48. The summed E-state index contributed by atoms with van der Waals surface area (Å²) in [5.41, 5.74) is 3.06. The fourth-order valence-corrected chi connectivity index (χ4v) is 2.29. The van der Waals surface area contributed by atoms with Crippen LogP contribution in [0.15, 0.2) is 71.6 Å². The number of hydrogen-bond acceptors (Lipinski definition) is 4. The van der Waals surface area contributed by atoms with Crippen LogP contribution in [-0.4, -0.2) is 18.6 Å². The topological polar surface area (TPSA) is 47.3 Å². The van der Waals surface area contributed by atoms with Gasteiger partial charge in [-0.05, 0) is 17.7 Å². The van der Waals surface area contributed by atoms with Crippen LogP contribution >= 0.6 is 0 Å². The van der Waals surface area contributed by atoms with Gasteiger partial charge in [-0.15, -0.1) is 0 Å². The van der Waals surface area contributed by atoms with Gasteiger partial charge in [0.25, 0.3) is 0 Å². The highest BCUT2D eigenvalue weighted by atomic mass is 16.5. The number of nitrogens with zero attached hydrogens (tertiary/aromatic N) is 1. The molecule has 3 rings (SSSR count). The second-order valence-electron chi connectivity index (χ2n) is 4.97. The van der Waals surface area contributed by atoms with Gasteiger partial charge >= 0.3 is 0 Å². The third-order valence-corrected chi connectivity index (χ3v) is 3.43. The molecule has 0 unspecified atom stereocenters. The van der Waals surface area contributed by atoms with Gasteiger partial charge in [0, 0.05) is 18.3 Å². The smallest absolute Gasteiger partial charge is 0.181 e. The first-order valence-electron chi connectivity index (χ1n) is 7.39. The fraction of sp³-hybridized carbons (Fsp3) is 0.105. The zero-order chi connectivity index (χ0) is 15.9. The Hall–Kier alpha value is -3.01. The van der Waals surface area contributed by atoms with Gasteiger partial charge < -0.3 is 14.5 Å². The molecule has 0 saturated carbocycles. The molecular formula is C19H18N2O2. The quantitative estimate of drug-likeness (QED) is 0.729. The van der Waals surface area contributed by atoms with Crippen molar-refractivity contribution in [3.05, 3.63) is 72.8 Å². The number of hydrogen-bond donors (Lipinski definition) is 1. The molecule has 0 saturated heterocycles. The van der Waals surface area contributed by atoms with E-state index in [0.29, 0.717) is 5.76 Å². The minimum atomic E-state index is 0.692. The Morgan fingerprint density at radius 2 is 2.04 bits per heavy atom. The summed E-state index contributed by atoms with van der Waals surface area (Å²) in [5.74, 6) is 1.44. The lowest BCUT2D eigenvalue weighted by Gasteiger charge is -2.09. The van der Waals surface area contributed by atoms with Gasteiger partial charge in [-0.2, -0.15) is 0 Å². The minimum Gasteiger partial charge on any atom is -0.496 e. The van der Waals surface area contributed by atoms with E-state index >= 15 is 0 Å². The molecule has 4 nitrogen and oxygen atoms in total. The molecule has 0 aliphatic heterocycles. The number of ether oxygens (including phenoxy) is 1. The van der Waals surface area contributed by atoms with Crippen molar-refractivity contribution in [3.8, 4) is 17.1 Å². The monoisotopic (exact) mass is 306 g/mol. The van der Waals surface area contributed by atoms with E-state index in [0.717, 1.165) is 23.5 Å². The van der Waals surface area contributed by atoms with Crippen LogP contribution < -0.4 is 10.1 Å². The van der Waals surface area contributed by atoms with Crippen molar-refractivity contribution in [3.63, 3.8) is 0 Å². The molecule has 0 spiro atoms. The van der Waals surface area contributed by atoms with Crippen molar-refractivity contribution in [1.29, 1.82) is 0 Å². The van der Waals surface area contributed by atoms with Crippen LogP contribution in [0.25, 0.3) is 17.4 Å². The Balaban J connectivity index is 1.66. The van der Waals surface area contributed by atoms with Crippen LogP contribution in [0.1, 0.15) is 5.56 Å². The van der Waals surface area contributed by atoms with E-state index in [1.54, 1.807) is 13.3 Å². The molecule has 2 aromatic carbocycles. The van der Waals surface area contributed by atoms with Crippen molar-refractivity contribution in [2.45, 2.75) is 0 Å². The number of aromatic nitrogens is 1. The Bertz CT molecular complexity index is 765. The van der Waals surface area contributed by atoms with Crippen molar-refractivity contribution in [2.24, 2.45) is 0 Å². The SMILES string of the molecule is COc1cc(NC/C=C/c2ccccc2)ccc1-c1cnco1. The van der Waals surface area contributed by atoms with Gasteiger partial charge in [0.2, 0.25) is 0 Å². The Morgan fingerprint density at radius 3 is 2.78 bits per heavy atom. The average Bonchev–Trinajstić information content (AvgIpc) is 3.14. The number of anilines is 1. The Morgan fingerprint density at radius 1 is 1.17 bits per heavy atom. The molecule has 0 aliphatic carbocycles. The molecule has 1 aromatic heterocycles. The summed E-state index contributed by atoms with van der Waals surface area (Å²) < 4.78 is 10.8. The summed E-state index contributed by atoms with van der Waals surface area (Å²) in [6.07, 6.45) is 7.27. The molecule has 0 bridgehead atoms. The number of oxazole rings is 1. The van der Waals surface area contributed by atoms with Crippen molar-refractivity contribution in [2.75, 3.05) is 19.0 Å². The zero-order valence-electron chi connectivity index (χ0n) is 12.9. The summed E-state index contributed by atoms with van der Waals surface area (Å²) in [6, 6.07) is 16.1. The molecule has 3 aromatic rings. The minimum absolute atomic E-state index is 0.692. The third-order valence-electron chi connectivity index (χ3n) is 3.43. The molecular weight excluding hydrogens is 288 g/mol. The van der Waals surface area contributed by atoms with E-state index in [9.17, 15) is 0 Å². The highest BCUT2D eigenvalue weighted by Crippen LogP contribution is 2.32. The molecule has 116 valence electrons. The predicted molar refractivity (Wildman–Crippen MR) is 92.5 cm³/mol. The largest absolute Gasteiger partial charge is 0.496 e. The van der Waals surface area contributed by atoms with Crippen LogP contribution in [0.4, 0.5) is 5.69 Å². The maximum atomic E-state index is 5.44. The van der Waals surface area contributed by atoms with Crippen molar-refractivity contribution in [1.82, 2.24) is 4.98 Å². The second-order valence-corrected chi connectivity index (χ2v) is 4.97. The van der Waals surface area contributed by atoms with E-state index in [1.807, 2.05) is 36.4 Å². The molecule has 0 amide bonds. The third kappa shape index (κ3) is 3.80. The van der Waals surface area contributed by atoms with Crippen LogP contribution in [0.5, 0.6) is 5.75 Å². The van der Waals surface area contributed by atoms with E-state index in [1.165, 1.54) is 12.0 Å². The summed E-state index contributed by atoms with van der Waals surface area (Å²) in [7, 11) is 1.65. The molecule has 23 heavy (non-hydrogen) atoms. The lowest BCUT2D eigenvalue weighted by molar-refractivity contribution is 0.415. The standard InChI is InChI=1S/C19H18N2O2/c1-22-18-12-16(9-10-17(18)19-13-20-14-23-19)21-11-5-8-15-6-3-2-4-7-15/h2-10,12-14,21H,11H2,1H3/b8-5+. The maximum Gasteiger partial charge on any atom is 0.181 e. The molecule has 0 atom stereocenters. The van der Waals surface area contributed by atoms with Gasteiger partial charge in [0.1, 0.15) is 5.75 Å². The van der Waals surface area contributed by atoms with Crippen molar-refractivity contribution >= 4 is 11.8 Å². The van der Waals surface area contributed by atoms with Crippen LogP contribution in [-0.2, 0) is 0 Å². The lowest BCUT2D eigenvalue weighted by Crippen LogP contribution is -1.99. The number of rotatable bonds is 6. The summed E-state index contributed by atoms with van der Waals surface area (Å²) in [4.78, 5) is 3.94. The molecule has 0 fully saturated rings. The van der Waals surface area contributed by atoms with Crippen molar-refractivity contribution < 1.29 is 9.15 Å². The maximum absolute atomic E-state index is 5.44. The molecule has 1 heterocycles. The number of nitrogens with one attached hydrogen (secondary N) is 1. The number of benzene rings is 2. The second kappa shape index (κ2) is 7.31. The normalized spacial score (nSPS) is 10.8. The number of methoxy groups -OCH3 is 1. The summed E-state index contributed by atoms with van der Waals surface area (Å²) in [5, 5.41) is 3.35. The molecule has 0 aliphatic rings. The van der Waals surface area contributed by atoms with E-state index in [4.69, 9.17) is 9.15 Å². The molecule has 1 N–H and O–H groups in total. The van der Waals surface area contributed by atoms with E-state index in [-0.39, 0.29) is 0 Å². The van der Waals surface area contributed by atoms with Gasteiger partial charge in [-0.1, -0.05) is 42.5 Å². The summed E-state index contributed by atoms with van der Waals surface area (Å²) >= 11 is 0. The first-order chi connectivity index (χ1) is 11.4. The van der Waals surface area contributed by atoms with Crippen LogP contribution in [0, 0.1) is 0 Å². The van der Waals surface area contributed by atoms with Gasteiger partial charge in [-0.3, -0.25) is 0 Å². The Labute approximate surface area is 135 Å². The van der Waals surface area contributed by atoms with E-state index < -0.39 is 0 Å². The van der Waals surface area contributed by atoms with E-state index in [2.05, 4.69) is 34.6 Å². The molecule has 0 radical (unpaired) electrons. The first kappa shape index (κ1) is 14.9. The highest BCUT2D eigenvalue weighted by Gasteiger charge is 2.09. The zero-order valence-corrected chi connectivity index (χ0v) is 12.9. The van der Waals surface area contributed by atoms with Gasteiger partial charge in [0.15, 0.2) is 12.2 Å². The van der Waals surface area contributed by atoms with Crippen LogP contribution in [0.2, 0.25) is 0 Å². The molecule has 4 heteroatoms. The fourth-order valence-electron chi connectivity index (χ4n) is 2.29.